The van der Waals surface area contributed by atoms with Crippen molar-refractivity contribution in [3.8, 4) is 5.75 Å². The Morgan fingerprint density at radius 1 is 1.11 bits per heavy atom. The number of methoxy groups -OCH3 is 1. The van der Waals surface area contributed by atoms with E-state index in [4.69, 9.17) is 9.47 Å². The number of β-amino-alcohol motifs (C(OH)–C–C–N with tert-alkyl or cyclic N) is 1. The van der Waals surface area contributed by atoms with Crippen molar-refractivity contribution < 1.29 is 41.0 Å². The van der Waals surface area contributed by atoms with E-state index >= 15 is 0 Å². The number of fused-ring (bicyclic) bond motifs is 5. The molecule has 1 amide bonds. The lowest BCUT2D eigenvalue weighted by molar-refractivity contribution is -0.130. The van der Waals surface area contributed by atoms with Crippen LogP contribution < -0.4 is 15.4 Å². The van der Waals surface area contributed by atoms with Crippen LogP contribution in [0.5, 0.6) is 5.75 Å². The average molecular weight is 640 g/mol. The first-order valence-corrected chi connectivity index (χ1v) is 16.2. The van der Waals surface area contributed by atoms with Gasteiger partial charge in [-0.05, 0) is 48.1 Å². The first-order valence-electron chi connectivity index (χ1n) is 14.6. The molecule has 1 aliphatic heterocycles. The van der Waals surface area contributed by atoms with E-state index in [1.165, 1.54) is 0 Å². The van der Waals surface area contributed by atoms with Crippen molar-refractivity contribution in [1.29, 1.82) is 0 Å². The lowest BCUT2D eigenvalue weighted by Gasteiger charge is -2.31. The Hall–Kier alpha value is -2.97. The van der Waals surface area contributed by atoms with E-state index in [0.717, 1.165) is 30.2 Å². The lowest BCUT2D eigenvalue weighted by Crippen LogP contribution is -2.55. The zero-order chi connectivity index (χ0) is 31.9. The molecule has 4 rings (SSSR count). The summed E-state index contributed by atoms with van der Waals surface area (Å²) >= 11 is 0. The molecule has 0 unspecified atom stereocenters. The highest BCUT2D eigenvalue weighted by Crippen LogP contribution is 2.42. The predicted octanol–water partition coefficient (Wildman–Crippen LogP) is 3.46. The van der Waals surface area contributed by atoms with E-state index in [1.54, 1.807) is 19.3 Å². The van der Waals surface area contributed by atoms with Gasteiger partial charge in [-0.15, -0.1) is 0 Å². The van der Waals surface area contributed by atoms with Gasteiger partial charge in [0.05, 0.1) is 44.6 Å². The lowest BCUT2D eigenvalue weighted by atomic mass is 9.99. The number of halogens is 3. The highest BCUT2D eigenvalue weighted by molar-refractivity contribution is 7.89. The molecule has 0 radical (unpaired) electrons. The Morgan fingerprint density at radius 2 is 1.86 bits per heavy atom. The number of nitrogens with zero attached hydrogens (tertiary/aromatic N) is 1. The van der Waals surface area contributed by atoms with Crippen LogP contribution in [-0.2, 0) is 26.0 Å². The molecule has 0 aromatic heterocycles. The summed E-state index contributed by atoms with van der Waals surface area (Å²) in [5.41, 5.74) is 2.99. The Labute approximate surface area is 256 Å². The molecule has 44 heavy (non-hydrogen) atoms. The number of benzene rings is 2. The summed E-state index contributed by atoms with van der Waals surface area (Å²) in [6.07, 6.45) is -3.15. The number of nitrogens with one attached hydrogen (secondary N) is 2. The largest absolute Gasteiger partial charge is 0.497 e. The number of alkyl halides is 3. The molecule has 0 saturated heterocycles. The normalized spacial score (nSPS) is 26.2. The summed E-state index contributed by atoms with van der Waals surface area (Å²) in [7, 11) is -1.74. The number of hydrogen-bond acceptors (Lipinski definition) is 7. The number of aliphatic hydroxyl groups is 1. The zero-order valence-corrected chi connectivity index (χ0v) is 25.6. The van der Waals surface area contributed by atoms with Crippen LogP contribution in [0.2, 0.25) is 0 Å². The molecule has 1 aliphatic carbocycles. The highest BCUT2D eigenvalue weighted by Gasteiger charge is 2.37. The van der Waals surface area contributed by atoms with E-state index in [2.05, 4.69) is 10.6 Å². The van der Waals surface area contributed by atoms with Gasteiger partial charge in [-0.25, -0.2) is 8.42 Å². The van der Waals surface area contributed by atoms with Crippen molar-refractivity contribution in [1.82, 2.24) is 14.9 Å². The van der Waals surface area contributed by atoms with Gasteiger partial charge in [0.15, 0.2) is 0 Å². The summed E-state index contributed by atoms with van der Waals surface area (Å²) in [6, 6.07) is 12.8. The first-order chi connectivity index (χ1) is 20.9. The topological polar surface area (TPSA) is 117 Å². The van der Waals surface area contributed by atoms with Crippen molar-refractivity contribution in [2.45, 2.75) is 62.0 Å². The van der Waals surface area contributed by atoms with Crippen LogP contribution in [0.15, 0.2) is 60.7 Å². The van der Waals surface area contributed by atoms with Gasteiger partial charge >= 0.3 is 6.18 Å². The van der Waals surface area contributed by atoms with Crippen molar-refractivity contribution in [3.63, 3.8) is 0 Å². The van der Waals surface area contributed by atoms with E-state index in [9.17, 15) is 31.5 Å². The molecule has 9 nitrogen and oxygen atoms in total. The number of rotatable bonds is 7. The SMILES string of the molecule is COc1ccc2c(c1)[C@H]1C[C@@H]2COC/C=C/C[C@@H](N(C)S(=O)(=O)CCC(F)(F)F)C(=O)N[C@@H](Cc2ccccc2)[C@H](O)CN1. The second kappa shape index (κ2) is 14.9. The maximum absolute atomic E-state index is 13.7. The molecular formula is C31H40F3N3O6S. The van der Waals surface area contributed by atoms with Crippen LogP contribution in [0.1, 0.15) is 47.9 Å². The van der Waals surface area contributed by atoms with Crippen LogP contribution in [0, 0.1) is 0 Å². The summed E-state index contributed by atoms with van der Waals surface area (Å²) in [5.74, 6) is -1.11. The third-order valence-corrected chi connectivity index (χ3v) is 10.0. The minimum Gasteiger partial charge on any atom is -0.497 e. The van der Waals surface area contributed by atoms with Crippen molar-refractivity contribution >= 4 is 15.9 Å². The molecule has 2 aromatic rings. The molecule has 0 spiro atoms. The minimum atomic E-state index is -4.67. The number of hydrogen-bond donors (Lipinski definition) is 3. The molecule has 0 fully saturated rings. The maximum Gasteiger partial charge on any atom is 0.390 e. The van der Waals surface area contributed by atoms with Gasteiger partial charge in [0, 0.05) is 25.6 Å². The smallest absolute Gasteiger partial charge is 0.390 e. The monoisotopic (exact) mass is 639 g/mol. The van der Waals surface area contributed by atoms with Gasteiger partial charge in [0.25, 0.3) is 0 Å². The first kappa shape index (κ1) is 33.9. The molecular weight excluding hydrogens is 599 g/mol. The molecule has 2 bridgehead atoms. The van der Waals surface area contributed by atoms with Crippen LogP contribution >= 0.6 is 0 Å². The van der Waals surface area contributed by atoms with Crippen LogP contribution in [0.25, 0.3) is 0 Å². The number of likely N-dealkylation sites (N-methyl/N-ethyl adjacent to an activating group) is 1. The second-order valence-electron chi connectivity index (χ2n) is 11.2. The minimum absolute atomic E-state index is 0.0873. The predicted molar refractivity (Wildman–Crippen MR) is 160 cm³/mol. The van der Waals surface area contributed by atoms with Gasteiger partial charge in [-0.2, -0.15) is 17.5 Å². The number of carbonyl (C=O) groups excluding carboxylic acids is 1. The Morgan fingerprint density at radius 3 is 2.57 bits per heavy atom. The van der Waals surface area contributed by atoms with Gasteiger partial charge in [0.1, 0.15) is 11.8 Å². The molecule has 242 valence electrons. The summed E-state index contributed by atoms with van der Waals surface area (Å²) in [6.45, 7) is 0.724. The second-order valence-corrected chi connectivity index (χ2v) is 13.4. The van der Waals surface area contributed by atoms with Crippen molar-refractivity contribution in [3.05, 3.63) is 77.4 Å². The molecule has 2 aromatic carbocycles. The molecule has 0 saturated carbocycles. The van der Waals surface area contributed by atoms with Crippen LogP contribution in [0.4, 0.5) is 13.2 Å². The Balaban J connectivity index is 1.62. The van der Waals surface area contributed by atoms with E-state index < -0.39 is 52.5 Å². The number of sulfonamides is 1. The van der Waals surface area contributed by atoms with E-state index in [1.807, 2.05) is 48.5 Å². The Bertz CT molecular complexity index is 1390. The summed E-state index contributed by atoms with van der Waals surface area (Å²) < 4.78 is 76.4. The number of aliphatic hydroxyl groups excluding tert-OH is 1. The van der Waals surface area contributed by atoms with Crippen LogP contribution in [-0.4, -0.2) is 87.8 Å². The fraction of sp³-hybridized carbons (Fsp3) is 0.516. The molecule has 13 heteroatoms. The summed E-state index contributed by atoms with van der Waals surface area (Å²) in [4.78, 5) is 13.7. The number of ether oxygens (including phenoxy) is 2. The van der Waals surface area contributed by atoms with E-state index in [-0.39, 0.29) is 38.0 Å². The quantitative estimate of drug-likeness (QED) is 0.398. The fourth-order valence-corrected chi connectivity index (χ4v) is 7.00. The molecule has 2 aliphatic rings. The maximum atomic E-state index is 13.7. The third-order valence-electron chi connectivity index (χ3n) is 8.18. The van der Waals surface area contributed by atoms with E-state index in [0.29, 0.717) is 16.7 Å². The van der Waals surface area contributed by atoms with Gasteiger partial charge < -0.3 is 25.2 Å². The standard InChI is InChI=1S/C31H40F3N3O6S/c1-37(44(40,41)15-13-31(32,33)34)28-10-6-7-14-43-20-22-17-26(25-18-23(42-2)11-12-24(22)25)35-19-29(38)27(36-30(28)39)16-21-8-4-3-5-9-21/h3-9,11-12,18,22,26-29,35,38H,10,13-17,19-20H2,1-2H3,(H,36,39)/b7-6+/t22-,26-,27+,28-,29-/m1/s1. The number of carbonyl (C=O) groups is 1. The highest BCUT2D eigenvalue weighted by atomic mass is 32.2. The molecule has 5 atom stereocenters. The molecule has 3 N–H and O–H groups in total. The number of amides is 1. The van der Waals surface area contributed by atoms with Gasteiger partial charge in [0.2, 0.25) is 15.9 Å². The Kier molecular flexibility index (Phi) is 11.5. The van der Waals surface area contributed by atoms with Crippen molar-refractivity contribution in [2.24, 2.45) is 0 Å². The third kappa shape index (κ3) is 9.04. The van der Waals surface area contributed by atoms with Crippen molar-refractivity contribution in [2.75, 3.05) is 39.7 Å². The summed E-state index contributed by atoms with van der Waals surface area (Å²) in [5, 5.41) is 17.6. The fourth-order valence-electron chi connectivity index (χ4n) is 5.65. The molecule has 1 heterocycles. The zero-order valence-electron chi connectivity index (χ0n) is 24.8. The average Bonchev–Trinajstić information content (AvgIpc) is 3.34. The van der Waals surface area contributed by atoms with Gasteiger partial charge in [-0.3, -0.25) is 4.79 Å². The van der Waals surface area contributed by atoms with Crippen LogP contribution in [0.3, 0.4) is 0 Å². The van der Waals surface area contributed by atoms with Gasteiger partial charge in [-0.1, -0.05) is 48.6 Å².